The number of benzene rings is 1. The molecule has 0 amide bonds. The largest absolute Gasteiger partial charge is 0.298 e. The summed E-state index contributed by atoms with van der Waals surface area (Å²) < 4.78 is 0. The van der Waals surface area contributed by atoms with Crippen LogP contribution in [0.4, 0.5) is 0 Å². The quantitative estimate of drug-likeness (QED) is 0.791. The fraction of sp³-hybridized carbons (Fsp3) is 0.333. The number of nitrogens with zero attached hydrogens (tertiary/aromatic N) is 1. The van der Waals surface area contributed by atoms with Crippen molar-refractivity contribution < 1.29 is 0 Å². The van der Waals surface area contributed by atoms with Crippen molar-refractivity contribution in [2.24, 2.45) is 0 Å². The van der Waals surface area contributed by atoms with Crippen molar-refractivity contribution in [2.45, 2.75) is 19.4 Å². The highest BCUT2D eigenvalue weighted by Crippen LogP contribution is 2.29. The molecule has 2 aromatic rings. The number of hydrogen-bond acceptors (Lipinski definition) is 2. The van der Waals surface area contributed by atoms with Crippen LogP contribution in [0.15, 0.2) is 35.7 Å². The maximum atomic E-state index is 3.08. The van der Waals surface area contributed by atoms with Crippen molar-refractivity contribution in [2.75, 3.05) is 13.1 Å². The summed E-state index contributed by atoms with van der Waals surface area (Å²) in [5.41, 5.74) is 2.72. The second-order valence-electron chi connectivity index (χ2n) is 4.53. The molecule has 1 radical (unpaired) electrons. The van der Waals surface area contributed by atoms with E-state index in [0.29, 0.717) is 0 Å². The maximum Gasteiger partial charge on any atom is 0.0334 e. The first kappa shape index (κ1) is 11.0. The Labute approximate surface area is 107 Å². The molecule has 0 N–H and O–H groups in total. The molecule has 1 nitrogen and oxygen atoms in total. The molecule has 1 aromatic carbocycles. The summed E-state index contributed by atoms with van der Waals surface area (Å²) in [6, 6.07) is 13.6. The highest BCUT2D eigenvalue weighted by Gasteiger charge is 2.15. The van der Waals surface area contributed by atoms with E-state index in [0.717, 1.165) is 6.54 Å². The van der Waals surface area contributed by atoms with Crippen LogP contribution in [0.2, 0.25) is 0 Å². The topological polar surface area (TPSA) is 3.24 Å². The van der Waals surface area contributed by atoms with Gasteiger partial charge in [0.2, 0.25) is 0 Å². The molecule has 0 saturated carbocycles. The first-order valence-electron chi connectivity index (χ1n) is 6.19. The molecule has 0 spiro atoms. The summed E-state index contributed by atoms with van der Waals surface area (Å²) in [5.74, 6) is 0. The van der Waals surface area contributed by atoms with Gasteiger partial charge < -0.3 is 0 Å². The summed E-state index contributed by atoms with van der Waals surface area (Å²) in [4.78, 5) is 4.06. The molecule has 0 bridgehead atoms. The molecule has 1 saturated heterocycles. The molecular weight excluding hydrogens is 226 g/mol. The predicted octanol–water partition coefficient (Wildman–Crippen LogP) is 3.81. The smallest absolute Gasteiger partial charge is 0.0334 e. The van der Waals surface area contributed by atoms with Crippen molar-refractivity contribution in [3.05, 3.63) is 46.7 Å². The van der Waals surface area contributed by atoms with Gasteiger partial charge in [-0.05, 0) is 54.6 Å². The Kier molecular flexibility index (Phi) is 3.25. The van der Waals surface area contributed by atoms with E-state index in [9.17, 15) is 0 Å². The summed E-state index contributed by atoms with van der Waals surface area (Å²) >= 11 is 1.88. The SMILES string of the molecule is [c]1ccc(-c2ccsc2CN2CCCC2)cc1. The minimum absolute atomic E-state index is 1.12. The summed E-state index contributed by atoms with van der Waals surface area (Å²) in [6.45, 7) is 3.64. The van der Waals surface area contributed by atoms with Gasteiger partial charge >= 0.3 is 0 Å². The van der Waals surface area contributed by atoms with Gasteiger partial charge in [0.25, 0.3) is 0 Å². The van der Waals surface area contributed by atoms with Crippen LogP contribution < -0.4 is 0 Å². The van der Waals surface area contributed by atoms with Gasteiger partial charge in [0.15, 0.2) is 0 Å². The van der Waals surface area contributed by atoms with E-state index in [1.807, 2.05) is 23.5 Å². The molecule has 3 rings (SSSR count). The van der Waals surface area contributed by atoms with Crippen molar-refractivity contribution in [1.29, 1.82) is 0 Å². The fourth-order valence-corrected chi connectivity index (χ4v) is 3.37. The van der Waals surface area contributed by atoms with E-state index in [2.05, 4.69) is 34.5 Å². The van der Waals surface area contributed by atoms with Crippen LogP contribution in [0.1, 0.15) is 17.7 Å². The van der Waals surface area contributed by atoms with E-state index in [1.165, 1.54) is 41.9 Å². The average molecular weight is 242 g/mol. The molecule has 1 aromatic heterocycles. The van der Waals surface area contributed by atoms with Crippen LogP contribution in [0.3, 0.4) is 0 Å². The summed E-state index contributed by atoms with van der Waals surface area (Å²) in [7, 11) is 0. The van der Waals surface area contributed by atoms with Gasteiger partial charge in [0.05, 0.1) is 0 Å². The van der Waals surface area contributed by atoms with Gasteiger partial charge in [0.1, 0.15) is 0 Å². The zero-order valence-electron chi connectivity index (χ0n) is 9.86. The number of likely N-dealkylation sites (tertiary alicyclic amines) is 1. The molecule has 1 aliphatic heterocycles. The number of thiophene rings is 1. The Balaban J connectivity index is 1.84. The summed E-state index contributed by atoms with van der Waals surface area (Å²) in [6.07, 6.45) is 2.72. The molecule has 1 fully saturated rings. The predicted molar refractivity (Wildman–Crippen MR) is 73.1 cm³/mol. The second-order valence-corrected chi connectivity index (χ2v) is 5.53. The summed E-state index contributed by atoms with van der Waals surface area (Å²) in [5, 5.41) is 2.21. The highest BCUT2D eigenvalue weighted by atomic mass is 32.1. The van der Waals surface area contributed by atoms with E-state index in [1.54, 1.807) is 0 Å². The molecular formula is C15H16NS. The first-order chi connectivity index (χ1) is 8.43. The van der Waals surface area contributed by atoms with E-state index in [4.69, 9.17) is 0 Å². The van der Waals surface area contributed by atoms with E-state index in [-0.39, 0.29) is 0 Å². The third-order valence-electron chi connectivity index (χ3n) is 3.34. The lowest BCUT2D eigenvalue weighted by atomic mass is 10.1. The standard InChI is InChI=1S/C15H16NS/c1-2-6-13(7-3-1)14-8-11-17-15(14)12-16-9-4-5-10-16/h2-3,6-8,11H,4-5,9-10,12H2. The Morgan fingerprint density at radius 2 is 1.88 bits per heavy atom. The van der Waals surface area contributed by atoms with Gasteiger partial charge in [0, 0.05) is 11.4 Å². The van der Waals surface area contributed by atoms with Gasteiger partial charge in [-0.25, -0.2) is 0 Å². The number of rotatable bonds is 3. The van der Waals surface area contributed by atoms with Gasteiger partial charge in [-0.2, -0.15) is 0 Å². The average Bonchev–Trinajstić information content (AvgIpc) is 3.02. The Hall–Kier alpha value is -1.12. The Bertz CT molecular complexity index is 469. The van der Waals surface area contributed by atoms with Crippen molar-refractivity contribution >= 4 is 11.3 Å². The minimum Gasteiger partial charge on any atom is -0.298 e. The van der Waals surface area contributed by atoms with E-state index < -0.39 is 0 Å². The van der Waals surface area contributed by atoms with Crippen LogP contribution in [0.5, 0.6) is 0 Å². The molecule has 1 aliphatic rings. The molecule has 17 heavy (non-hydrogen) atoms. The van der Waals surface area contributed by atoms with Gasteiger partial charge in [-0.1, -0.05) is 24.3 Å². The van der Waals surface area contributed by atoms with Crippen molar-refractivity contribution in [3.63, 3.8) is 0 Å². The van der Waals surface area contributed by atoms with Crippen LogP contribution in [0.25, 0.3) is 11.1 Å². The highest BCUT2D eigenvalue weighted by molar-refractivity contribution is 7.10. The minimum atomic E-state index is 1.12. The molecule has 0 unspecified atom stereocenters. The maximum absolute atomic E-state index is 3.08. The van der Waals surface area contributed by atoms with Crippen molar-refractivity contribution in [3.8, 4) is 11.1 Å². The lowest BCUT2D eigenvalue weighted by molar-refractivity contribution is 0.335. The van der Waals surface area contributed by atoms with Crippen LogP contribution in [-0.4, -0.2) is 18.0 Å². The van der Waals surface area contributed by atoms with Crippen LogP contribution in [0, 0.1) is 6.07 Å². The third-order valence-corrected chi connectivity index (χ3v) is 4.25. The van der Waals surface area contributed by atoms with Crippen LogP contribution in [-0.2, 0) is 6.54 Å². The normalized spacial score (nSPS) is 16.5. The van der Waals surface area contributed by atoms with Crippen LogP contribution >= 0.6 is 11.3 Å². The number of hydrogen-bond donors (Lipinski definition) is 0. The molecule has 0 aliphatic carbocycles. The first-order valence-corrected chi connectivity index (χ1v) is 7.07. The Morgan fingerprint density at radius 1 is 1.12 bits per heavy atom. The zero-order chi connectivity index (χ0) is 11.5. The monoisotopic (exact) mass is 242 g/mol. The van der Waals surface area contributed by atoms with Gasteiger partial charge in [-0.3, -0.25) is 4.90 Å². The molecule has 2 heterocycles. The zero-order valence-corrected chi connectivity index (χ0v) is 10.7. The molecule has 0 atom stereocenters. The van der Waals surface area contributed by atoms with Crippen molar-refractivity contribution in [1.82, 2.24) is 4.90 Å². The van der Waals surface area contributed by atoms with E-state index >= 15 is 0 Å². The Morgan fingerprint density at radius 3 is 2.65 bits per heavy atom. The van der Waals surface area contributed by atoms with Gasteiger partial charge in [-0.15, -0.1) is 11.3 Å². The fourth-order valence-electron chi connectivity index (χ4n) is 2.43. The molecule has 2 heteroatoms. The third kappa shape index (κ3) is 2.43. The second kappa shape index (κ2) is 5.03. The molecule has 87 valence electrons. The lowest BCUT2D eigenvalue weighted by Crippen LogP contribution is -2.17. The lowest BCUT2D eigenvalue weighted by Gasteiger charge is -2.14.